The van der Waals surface area contributed by atoms with E-state index in [4.69, 9.17) is 0 Å². The highest BCUT2D eigenvalue weighted by atomic mass is 16.2. The van der Waals surface area contributed by atoms with Crippen LogP contribution in [0.1, 0.15) is 36.0 Å². The van der Waals surface area contributed by atoms with Crippen molar-refractivity contribution in [3.05, 3.63) is 65.5 Å². The highest BCUT2D eigenvalue weighted by Crippen LogP contribution is 2.37. The molecule has 1 amide bonds. The number of fused-ring (bicyclic) bond motifs is 1. The van der Waals surface area contributed by atoms with Gasteiger partial charge in [-0.25, -0.2) is 0 Å². The van der Waals surface area contributed by atoms with E-state index in [9.17, 15) is 4.79 Å². The van der Waals surface area contributed by atoms with Gasteiger partial charge in [-0.1, -0.05) is 36.8 Å². The van der Waals surface area contributed by atoms with Crippen molar-refractivity contribution in [2.45, 2.75) is 44.2 Å². The lowest BCUT2D eigenvalue weighted by atomic mass is 9.89. The van der Waals surface area contributed by atoms with Gasteiger partial charge in [-0.05, 0) is 48.7 Å². The molecule has 2 aliphatic rings. The minimum Gasteiger partial charge on any atom is -0.340 e. The maximum absolute atomic E-state index is 13.7. The summed E-state index contributed by atoms with van der Waals surface area (Å²) in [7, 11) is 1.93. The predicted molar refractivity (Wildman–Crippen MR) is 103 cm³/mol. The quantitative estimate of drug-likeness (QED) is 0.851. The van der Waals surface area contributed by atoms with Crippen LogP contribution in [0, 0.1) is 0 Å². The van der Waals surface area contributed by atoms with Gasteiger partial charge in [0.2, 0.25) is 5.91 Å². The first kappa shape index (κ1) is 17.2. The Labute approximate surface area is 155 Å². The van der Waals surface area contributed by atoms with Crippen LogP contribution in [0.4, 0.5) is 0 Å². The van der Waals surface area contributed by atoms with E-state index in [0.717, 1.165) is 31.5 Å². The third-order valence-corrected chi connectivity index (χ3v) is 5.93. The number of likely N-dealkylation sites (N-methyl/N-ethyl adjacent to an activating group) is 1. The first-order valence-electron chi connectivity index (χ1n) is 9.65. The molecule has 1 aromatic carbocycles. The highest BCUT2D eigenvalue weighted by Gasteiger charge is 2.49. The summed E-state index contributed by atoms with van der Waals surface area (Å²) in [4.78, 5) is 22.3. The molecular weight excluding hydrogens is 322 g/mol. The SMILES string of the molecule is CN(Cc1cccnc1)C(=O)C1(N2CCCCC2)Cc2ccccc2C1. The van der Waals surface area contributed by atoms with Gasteiger partial charge in [0.25, 0.3) is 0 Å². The maximum Gasteiger partial charge on any atom is 0.243 e. The maximum atomic E-state index is 13.7. The second-order valence-corrected chi connectivity index (χ2v) is 7.72. The van der Waals surface area contributed by atoms with Gasteiger partial charge in [0.1, 0.15) is 5.54 Å². The monoisotopic (exact) mass is 349 g/mol. The van der Waals surface area contributed by atoms with E-state index in [1.54, 1.807) is 6.20 Å². The number of benzene rings is 1. The van der Waals surface area contributed by atoms with Gasteiger partial charge in [-0.3, -0.25) is 14.7 Å². The fourth-order valence-electron chi connectivity index (χ4n) is 4.62. The van der Waals surface area contributed by atoms with Crippen molar-refractivity contribution in [3.8, 4) is 0 Å². The summed E-state index contributed by atoms with van der Waals surface area (Å²) in [5.41, 5.74) is 3.33. The van der Waals surface area contributed by atoms with Crippen molar-refractivity contribution >= 4 is 5.91 Å². The predicted octanol–water partition coefficient (Wildman–Crippen LogP) is 3.06. The molecule has 1 saturated heterocycles. The molecule has 136 valence electrons. The summed E-state index contributed by atoms with van der Waals surface area (Å²) in [6.07, 6.45) is 8.95. The average molecular weight is 349 g/mol. The van der Waals surface area contributed by atoms with E-state index in [-0.39, 0.29) is 5.91 Å². The van der Waals surface area contributed by atoms with Crippen LogP contribution in [-0.4, -0.2) is 46.4 Å². The molecule has 1 aromatic heterocycles. The van der Waals surface area contributed by atoms with Crippen LogP contribution in [-0.2, 0) is 24.2 Å². The van der Waals surface area contributed by atoms with Crippen LogP contribution in [0.15, 0.2) is 48.8 Å². The molecule has 0 saturated carbocycles. The summed E-state index contributed by atoms with van der Waals surface area (Å²) >= 11 is 0. The van der Waals surface area contributed by atoms with Crippen molar-refractivity contribution < 1.29 is 4.79 Å². The number of nitrogens with zero attached hydrogens (tertiary/aromatic N) is 3. The molecule has 0 unspecified atom stereocenters. The Hall–Kier alpha value is -2.20. The number of likely N-dealkylation sites (tertiary alicyclic amines) is 1. The molecule has 0 N–H and O–H groups in total. The second-order valence-electron chi connectivity index (χ2n) is 7.72. The molecular formula is C22H27N3O. The van der Waals surface area contributed by atoms with Crippen molar-refractivity contribution in [2.24, 2.45) is 0 Å². The Bertz CT molecular complexity index is 743. The Kier molecular flexibility index (Phi) is 4.77. The third kappa shape index (κ3) is 3.14. The van der Waals surface area contributed by atoms with Gasteiger partial charge < -0.3 is 4.90 Å². The van der Waals surface area contributed by atoms with Crippen LogP contribution in [0.5, 0.6) is 0 Å². The fraction of sp³-hybridized carbons (Fsp3) is 0.455. The number of aromatic nitrogens is 1. The van der Waals surface area contributed by atoms with Crippen molar-refractivity contribution in [1.29, 1.82) is 0 Å². The molecule has 0 spiro atoms. The molecule has 4 rings (SSSR count). The number of rotatable bonds is 4. The zero-order valence-electron chi connectivity index (χ0n) is 15.5. The summed E-state index contributed by atoms with van der Waals surface area (Å²) in [5, 5.41) is 0. The normalized spacial score (nSPS) is 19.1. The van der Waals surface area contributed by atoms with Crippen LogP contribution in [0.2, 0.25) is 0 Å². The van der Waals surface area contributed by atoms with Gasteiger partial charge in [0.15, 0.2) is 0 Å². The van der Waals surface area contributed by atoms with Gasteiger partial charge in [-0.2, -0.15) is 0 Å². The minimum atomic E-state index is -0.416. The minimum absolute atomic E-state index is 0.249. The molecule has 1 aliphatic heterocycles. The van der Waals surface area contributed by atoms with Gasteiger partial charge >= 0.3 is 0 Å². The van der Waals surface area contributed by atoms with Crippen LogP contribution < -0.4 is 0 Å². The van der Waals surface area contributed by atoms with Crippen molar-refractivity contribution in [2.75, 3.05) is 20.1 Å². The first-order valence-corrected chi connectivity index (χ1v) is 9.65. The zero-order valence-corrected chi connectivity index (χ0v) is 15.5. The number of hydrogen-bond donors (Lipinski definition) is 0. The van der Waals surface area contributed by atoms with E-state index in [1.807, 2.05) is 30.3 Å². The smallest absolute Gasteiger partial charge is 0.243 e. The van der Waals surface area contributed by atoms with Crippen LogP contribution in [0.3, 0.4) is 0 Å². The highest BCUT2D eigenvalue weighted by molar-refractivity contribution is 5.88. The molecule has 4 heteroatoms. The van der Waals surface area contributed by atoms with E-state index in [2.05, 4.69) is 34.1 Å². The number of pyridine rings is 1. The molecule has 2 aromatic rings. The molecule has 0 radical (unpaired) electrons. The number of carbonyl (C=O) groups is 1. The van der Waals surface area contributed by atoms with Gasteiger partial charge in [0, 0.05) is 38.8 Å². The number of hydrogen-bond acceptors (Lipinski definition) is 3. The average Bonchev–Trinajstić information content (AvgIpc) is 3.09. The molecule has 4 nitrogen and oxygen atoms in total. The van der Waals surface area contributed by atoms with Crippen LogP contribution >= 0.6 is 0 Å². The molecule has 0 bridgehead atoms. The van der Waals surface area contributed by atoms with E-state index in [0.29, 0.717) is 6.54 Å². The molecule has 1 aliphatic carbocycles. The molecule has 2 heterocycles. The molecule has 0 atom stereocenters. The standard InChI is InChI=1S/C22H27N3O/c1-24(17-18-8-7-11-23-16-18)21(26)22(25-12-5-2-6-13-25)14-19-9-3-4-10-20(19)15-22/h3-4,7-11,16H,2,5-6,12-15,17H2,1H3. The topological polar surface area (TPSA) is 36.4 Å². The molecule has 26 heavy (non-hydrogen) atoms. The van der Waals surface area contributed by atoms with Gasteiger partial charge in [0.05, 0.1) is 0 Å². The van der Waals surface area contributed by atoms with Crippen molar-refractivity contribution in [1.82, 2.24) is 14.8 Å². The van der Waals surface area contributed by atoms with Crippen molar-refractivity contribution in [3.63, 3.8) is 0 Å². The fourth-order valence-corrected chi connectivity index (χ4v) is 4.62. The Balaban J connectivity index is 1.62. The van der Waals surface area contributed by atoms with Gasteiger partial charge in [-0.15, -0.1) is 0 Å². The summed E-state index contributed by atoms with van der Waals surface area (Å²) in [6.45, 7) is 2.67. The number of piperidine rings is 1. The van der Waals surface area contributed by atoms with Crippen LogP contribution in [0.25, 0.3) is 0 Å². The zero-order chi connectivity index (χ0) is 18.0. The number of carbonyl (C=O) groups excluding carboxylic acids is 1. The summed E-state index contributed by atoms with van der Waals surface area (Å²) < 4.78 is 0. The third-order valence-electron chi connectivity index (χ3n) is 5.93. The molecule has 1 fully saturated rings. The Morgan fingerprint density at radius 2 is 1.77 bits per heavy atom. The van der Waals surface area contributed by atoms with E-state index < -0.39 is 5.54 Å². The second kappa shape index (κ2) is 7.20. The lowest BCUT2D eigenvalue weighted by Gasteiger charge is -2.44. The van der Waals surface area contributed by atoms with E-state index >= 15 is 0 Å². The Morgan fingerprint density at radius 1 is 1.08 bits per heavy atom. The number of amides is 1. The van der Waals surface area contributed by atoms with E-state index in [1.165, 1.54) is 30.4 Å². The summed E-state index contributed by atoms with van der Waals surface area (Å²) in [6, 6.07) is 12.5. The lowest BCUT2D eigenvalue weighted by Crippen LogP contribution is -2.61. The lowest BCUT2D eigenvalue weighted by molar-refractivity contribution is -0.144. The Morgan fingerprint density at radius 3 is 2.38 bits per heavy atom. The summed E-state index contributed by atoms with van der Waals surface area (Å²) in [5.74, 6) is 0.249. The largest absolute Gasteiger partial charge is 0.340 e. The first-order chi connectivity index (χ1) is 12.7.